The van der Waals surface area contributed by atoms with Gasteiger partial charge in [0.1, 0.15) is 17.5 Å². The van der Waals surface area contributed by atoms with E-state index in [4.69, 9.17) is 9.47 Å². The van der Waals surface area contributed by atoms with Crippen LogP contribution in [0.3, 0.4) is 0 Å². The van der Waals surface area contributed by atoms with Crippen molar-refractivity contribution in [1.29, 1.82) is 0 Å². The van der Waals surface area contributed by atoms with Gasteiger partial charge >= 0.3 is 0 Å². The Hall–Kier alpha value is -2.24. The van der Waals surface area contributed by atoms with Crippen LogP contribution in [0.2, 0.25) is 0 Å². The number of nitrogens with one attached hydrogen (secondary N) is 2. The second kappa shape index (κ2) is 8.74. The first-order valence-corrected chi connectivity index (χ1v) is 8.49. The maximum atomic E-state index is 12.6. The Labute approximate surface area is 150 Å². The Morgan fingerprint density at radius 1 is 1.08 bits per heavy atom. The van der Waals surface area contributed by atoms with E-state index in [1.54, 1.807) is 18.2 Å². The van der Waals surface area contributed by atoms with Crippen LogP contribution < -0.4 is 20.1 Å². The minimum absolute atomic E-state index is 0.0518. The van der Waals surface area contributed by atoms with Crippen molar-refractivity contribution < 1.29 is 19.1 Å². The summed E-state index contributed by atoms with van der Waals surface area (Å²) in [4.78, 5) is 25.2. The summed E-state index contributed by atoms with van der Waals surface area (Å²) in [5, 5.41) is 5.81. The van der Waals surface area contributed by atoms with Crippen molar-refractivity contribution in [3.8, 4) is 11.5 Å². The van der Waals surface area contributed by atoms with E-state index < -0.39 is 6.04 Å². The summed E-state index contributed by atoms with van der Waals surface area (Å²) in [5.41, 5.74) is 0.0538. The number of ether oxygens (including phenoxy) is 2. The molecule has 0 aliphatic heterocycles. The highest BCUT2D eigenvalue weighted by Gasteiger charge is 2.28. The van der Waals surface area contributed by atoms with Gasteiger partial charge in [-0.05, 0) is 38.3 Å². The molecule has 0 bridgehead atoms. The van der Waals surface area contributed by atoms with E-state index in [-0.39, 0.29) is 23.3 Å². The largest absolute Gasteiger partial charge is 0.497 e. The number of methoxy groups -OCH3 is 2. The first-order valence-electron chi connectivity index (χ1n) is 8.49. The molecule has 0 spiro atoms. The zero-order chi connectivity index (χ0) is 19.2. The maximum absolute atomic E-state index is 12.6. The molecular formula is C19H30N2O4. The lowest BCUT2D eigenvalue weighted by molar-refractivity contribution is -0.125. The summed E-state index contributed by atoms with van der Waals surface area (Å²) >= 11 is 0. The Morgan fingerprint density at radius 2 is 1.60 bits per heavy atom. The van der Waals surface area contributed by atoms with Crippen molar-refractivity contribution in [2.75, 3.05) is 14.2 Å². The predicted octanol–water partition coefficient (Wildman–Crippen LogP) is 2.76. The van der Waals surface area contributed by atoms with Crippen LogP contribution in [0.4, 0.5) is 0 Å². The van der Waals surface area contributed by atoms with Crippen molar-refractivity contribution in [3.05, 3.63) is 23.8 Å². The fourth-order valence-electron chi connectivity index (χ4n) is 2.20. The van der Waals surface area contributed by atoms with Crippen LogP contribution in [-0.2, 0) is 4.79 Å². The number of benzene rings is 1. The third-order valence-corrected chi connectivity index (χ3v) is 4.19. The van der Waals surface area contributed by atoms with Crippen LogP contribution in [0.25, 0.3) is 0 Å². The average molecular weight is 350 g/mol. The van der Waals surface area contributed by atoms with Gasteiger partial charge in [0.2, 0.25) is 5.91 Å². The van der Waals surface area contributed by atoms with Gasteiger partial charge in [0.05, 0.1) is 14.2 Å². The van der Waals surface area contributed by atoms with Gasteiger partial charge in [0, 0.05) is 17.2 Å². The number of hydrogen-bond acceptors (Lipinski definition) is 4. The van der Waals surface area contributed by atoms with Gasteiger partial charge < -0.3 is 20.1 Å². The first-order chi connectivity index (χ1) is 11.6. The molecular weight excluding hydrogens is 320 g/mol. The predicted molar refractivity (Wildman–Crippen MR) is 98.2 cm³/mol. The lowest BCUT2D eigenvalue weighted by Crippen LogP contribution is -2.54. The van der Waals surface area contributed by atoms with Gasteiger partial charge in [-0.3, -0.25) is 9.59 Å². The van der Waals surface area contributed by atoms with Crippen molar-refractivity contribution in [1.82, 2.24) is 10.6 Å². The molecule has 6 nitrogen and oxygen atoms in total. The number of rotatable bonds is 8. The fourth-order valence-corrected chi connectivity index (χ4v) is 2.20. The molecule has 6 heteroatoms. The van der Waals surface area contributed by atoms with Gasteiger partial charge in [-0.2, -0.15) is 0 Å². The smallest absolute Gasteiger partial charge is 0.252 e. The van der Waals surface area contributed by atoms with Gasteiger partial charge in [-0.15, -0.1) is 0 Å². The Balaban J connectivity index is 2.99. The molecule has 1 rings (SSSR count). The SMILES string of the molecule is CCC(C)(C)NC(=O)[C@H](NC(=O)c1cc(OC)cc(OC)c1)C(C)C. The molecule has 1 atom stereocenters. The lowest BCUT2D eigenvalue weighted by Gasteiger charge is -2.29. The van der Waals surface area contributed by atoms with Crippen molar-refractivity contribution >= 4 is 11.8 Å². The Bertz CT molecular complexity index is 589. The summed E-state index contributed by atoms with van der Waals surface area (Å²) in [5.74, 6) is 0.443. The van der Waals surface area contributed by atoms with Crippen molar-refractivity contribution in [2.24, 2.45) is 5.92 Å². The van der Waals surface area contributed by atoms with Gasteiger partial charge in [0.25, 0.3) is 5.91 Å². The Kier molecular flexibility index (Phi) is 7.27. The van der Waals surface area contributed by atoms with E-state index in [0.717, 1.165) is 6.42 Å². The van der Waals surface area contributed by atoms with Gasteiger partial charge in [-0.1, -0.05) is 20.8 Å². The number of carbonyl (C=O) groups is 2. The second-order valence-electron chi connectivity index (χ2n) is 7.02. The van der Waals surface area contributed by atoms with Crippen LogP contribution in [-0.4, -0.2) is 37.6 Å². The second-order valence-corrected chi connectivity index (χ2v) is 7.02. The number of carbonyl (C=O) groups excluding carboxylic acids is 2. The molecule has 2 N–H and O–H groups in total. The molecule has 0 aromatic heterocycles. The molecule has 1 aromatic carbocycles. The summed E-state index contributed by atoms with van der Waals surface area (Å²) in [6.45, 7) is 9.71. The first kappa shape index (κ1) is 20.8. The molecule has 0 aliphatic rings. The number of hydrogen-bond donors (Lipinski definition) is 2. The van der Waals surface area contributed by atoms with Crippen LogP contribution in [0, 0.1) is 5.92 Å². The van der Waals surface area contributed by atoms with Crippen LogP contribution in [0.15, 0.2) is 18.2 Å². The minimum Gasteiger partial charge on any atom is -0.497 e. The molecule has 140 valence electrons. The highest BCUT2D eigenvalue weighted by molar-refractivity contribution is 5.98. The minimum atomic E-state index is -0.629. The van der Waals surface area contributed by atoms with Gasteiger partial charge in [0.15, 0.2) is 0 Å². The van der Waals surface area contributed by atoms with E-state index in [1.807, 2.05) is 34.6 Å². The average Bonchev–Trinajstić information content (AvgIpc) is 2.57. The molecule has 2 amide bonds. The van der Waals surface area contributed by atoms with Crippen LogP contribution in [0.5, 0.6) is 11.5 Å². The molecule has 25 heavy (non-hydrogen) atoms. The molecule has 0 aliphatic carbocycles. The molecule has 0 saturated carbocycles. The highest BCUT2D eigenvalue weighted by atomic mass is 16.5. The third-order valence-electron chi connectivity index (χ3n) is 4.19. The fraction of sp³-hybridized carbons (Fsp3) is 0.579. The highest BCUT2D eigenvalue weighted by Crippen LogP contribution is 2.22. The summed E-state index contributed by atoms with van der Waals surface area (Å²) < 4.78 is 10.4. The zero-order valence-electron chi connectivity index (χ0n) is 16.2. The standard InChI is InChI=1S/C19H30N2O4/c1-8-19(4,5)21-18(23)16(12(2)3)20-17(22)13-9-14(24-6)11-15(10-13)25-7/h9-12,16H,8H2,1-7H3,(H,20,22)(H,21,23)/t16-/m1/s1. The molecule has 0 unspecified atom stereocenters. The van der Waals surface area contributed by atoms with E-state index in [1.165, 1.54) is 14.2 Å². The van der Waals surface area contributed by atoms with Crippen LogP contribution >= 0.6 is 0 Å². The number of amides is 2. The van der Waals surface area contributed by atoms with Crippen molar-refractivity contribution in [3.63, 3.8) is 0 Å². The van der Waals surface area contributed by atoms with E-state index in [2.05, 4.69) is 10.6 Å². The third kappa shape index (κ3) is 5.96. The molecule has 0 heterocycles. The normalized spacial score (nSPS) is 12.5. The summed E-state index contributed by atoms with van der Waals surface area (Å²) in [6.07, 6.45) is 0.796. The van der Waals surface area contributed by atoms with E-state index in [9.17, 15) is 9.59 Å². The lowest BCUT2D eigenvalue weighted by atomic mass is 9.98. The molecule has 0 fully saturated rings. The molecule has 1 aromatic rings. The van der Waals surface area contributed by atoms with E-state index >= 15 is 0 Å². The molecule has 0 radical (unpaired) electrons. The van der Waals surface area contributed by atoms with Crippen molar-refractivity contribution in [2.45, 2.75) is 52.6 Å². The zero-order valence-corrected chi connectivity index (χ0v) is 16.2. The summed E-state index contributed by atoms with van der Waals surface area (Å²) in [6, 6.07) is 4.29. The van der Waals surface area contributed by atoms with E-state index in [0.29, 0.717) is 17.1 Å². The van der Waals surface area contributed by atoms with Gasteiger partial charge in [-0.25, -0.2) is 0 Å². The summed E-state index contributed by atoms with van der Waals surface area (Å²) in [7, 11) is 3.04. The van der Waals surface area contributed by atoms with Crippen LogP contribution in [0.1, 0.15) is 51.4 Å². The molecule has 0 saturated heterocycles. The quantitative estimate of drug-likeness (QED) is 0.756. The monoisotopic (exact) mass is 350 g/mol. The topological polar surface area (TPSA) is 76.7 Å². The maximum Gasteiger partial charge on any atom is 0.252 e. The Morgan fingerprint density at radius 3 is 2.00 bits per heavy atom.